The predicted molar refractivity (Wildman–Crippen MR) is 82.5 cm³/mol. The zero-order chi connectivity index (χ0) is 13.5. The molecule has 0 spiro atoms. The van der Waals surface area contributed by atoms with Gasteiger partial charge in [0.1, 0.15) is 0 Å². The van der Waals surface area contributed by atoms with Gasteiger partial charge in [0.05, 0.1) is 0 Å². The molecule has 0 bridgehead atoms. The van der Waals surface area contributed by atoms with Gasteiger partial charge in [-0.2, -0.15) is 0 Å². The third kappa shape index (κ3) is 2.40. The predicted octanol–water partition coefficient (Wildman–Crippen LogP) is 3.12. The van der Waals surface area contributed by atoms with Crippen LogP contribution in [0, 0.1) is 11.8 Å². The summed E-state index contributed by atoms with van der Waals surface area (Å²) in [7, 11) is 0. The normalized spacial score (nSPS) is 34.1. The van der Waals surface area contributed by atoms with E-state index >= 15 is 0 Å². The number of hydrogen-bond donors (Lipinski definition) is 1. The van der Waals surface area contributed by atoms with Crippen molar-refractivity contribution in [3.8, 4) is 0 Å². The van der Waals surface area contributed by atoms with Crippen LogP contribution >= 0.6 is 0 Å². The summed E-state index contributed by atoms with van der Waals surface area (Å²) in [6.45, 7) is 3.65. The highest BCUT2D eigenvalue weighted by Crippen LogP contribution is 2.42. The summed E-state index contributed by atoms with van der Waals surface area (Å²) in [5.41, 5.74) is 9.53. The van der Waals surface area contributed by atoms with Crippen LogP contribution in [-0.2, 0) is 6.54 Å². The molecule has 1 saturated heterocycles. The molecule has 2 saturated carbocycles. The first-order valence-electron chi connectivity index (χ1n) is 8.37. The van der Waals surface area contributed by atoms with Gasteiger partial charge in [0, 0.05) is 25.7 Å². The van der Waals surface area contributed by atoms with Crippen molar-refractivity contribution in [2.45, 2.75) is 50.6 Å². The highest BCUT2D eigenvalue weighted by Gasteiger charge is 2.38. The first kappa shape index (κ1) is 12.8. The summed E-state index contributed by atoms with van der Waals surface area (Å²) in [6, 6.07) is 9.56. The quantitative estimate of drug-likeness (QED) is 0.914. The van der Waals surface area contributed by atoms with Gasteiger partial charge in [-0.25, -0.2) is 0 Å². The lowest BCUT2D eigenvalue weighted by atomic mass is 9.78. The maximum absolute atomic E-state index is 6.34. The topological polar surface area (TPSA) is 29.3 Å². The van der Waals surface area contributed by atoms with Crippen molar-refractivity contribution >= 4 is 0 Å². The Morgan fingerprint density at radius 3 is 2.70 bits per heavy atom. The second-order valence-corrected chi connectivity index (χ2v) is 7.19. The summed E-state index contributed by atoms with van der Waals surface area (Å²) >= 11 is 0. The minimum atomic E-state index is 0.456. The molecule has 3 fully saturated rings. The zero-order valence-corrected chi connectivity index (χ0v) is 12.3. The van der Waals surface area contributed by atoms with E-state index in [1.807, 2.05) is 0 Å². The van der Waals surface area contributed by atoms with E-state index in [0.717, 1.165) is 24.3 Å². The SMILES string of the molecule is NC1CCCC2CN(Cc3ccccc3C3CC3)CC12. The molecule has 2 N–H and O–H groups in total. The molecule has 1 aliphatic heterocycles. The molecule has 3 aliphatic rings. The largest absolute Gasteiger partial charge is 0.327 e. The van der Waals surface area contributed by atoms with Gasteiger partial charge < -0.3 is 5.73 Å². The number of likely N-dealkylation sites (tertiary alicyclic amines) is 1. The second kappa shape index (κ2) is 5.16. The molecule has 2 nitrogen and oxygen atoms in total. The Bertz CT molecular complexity index is 480. The van der Waals surface area contributed by atoms with Crippen molar-refractivity contribution in [2.24, 2.45) is 17.6 Å². The maximum Gasteiger partial charge on any atom is 0.0236 e. The van der Waals surface area contributed by atoms with Crippen LogP contribution in [0.15, 0.2) is 24.3 Å². The Morgan fingerprint density at radius 2 is 1.90 bits per heavy atom. The summed E-state index contributed by atoms with van der Waals surface area (Å²) in [4.78, 5) is 2.67. The van der Waals surface area contributed by atoms with Crippen LogP contribution in [0.2, 0.25) is 0 Å². The van der Waals surface area contributed by atoms with Gasteiger partial charge in [0.25, 0.3) is 0 Å². The van der Waals surface area contributed by atoms with E-state index in [4.69, 9.17) is 5.73 Å². The summed E-state index contributed by atoms with van der Waals surface area (Å²) in [6.07, 6.45) is 6.78. The summed E-state index contributed by atoms with van der Waals surface area (Å²) < 4.78 is 0. The number of fused-ring (bicyclic) bond motifs is 1. The summed E-state index contributed by atoms with van der Waals surface area (Å²) in [5.74, 6) is 2.49. The van der Waals surface area contributed by atoms with E-state index in [1.54, 1.807) is 11.1 Å². The molecule has 20 heavy (non-hydrogen) atoms. The van der Waals surface area contributed by atoms with Crippen molar-refractivity contribution in [3.05, 3.63) is 35.4 Å². The van der Waals surface area contributed by atoms with E-state index in [0.29, 0.717) is 6.04 Å². The molecule has 4 rings (SSSR count). The molecule has 1 heterocycles. The van der Waals surface area contributed by atoms with Crippen LogP contribution in [0.5, 0.6) is 0 Å². The number of benzene rings is 1. The lowest BCUT2D eigenvalue weighted by Gasteiger charge is -2.29. The van der Waals surface area contributed by atoms with Gasteiger partial charge in [-0.05, 0) is 54.6 Å². The lowest BCUT2D eigenvalue weighted by Crippen LogP contribution is -2.38. The van der Waals surface area contributed by atoms with E-state index in [2.05, 4.69) is 29.2 Å². The van der Waals surface area contributed by atoms with E-state index in [9.17, 15) is 0 Å². The third-order valence-corrected chi connectivity index (χ3v) is 5.70. The fourth-order valence-corrected chi connectivity index (χ4v) is 4.45. The first-order chi connectivity index (χ1) is 9.81. The lowest BCUT2D eigenvalue weighted by molar-refractivity contribution is 0.259. The van der Waals surface area contributed by atoms with E-state index in [-0.39, 0.29) is 0 Å². The van der Waals surface area contributed by atoms with Crippen molar-refractivity contribution in [2.75, 3.05) is 13.1 Å². The molecular weight excluding hydrogens is 244 g/mol. The van der Waals surface area contributed by atoms with Crippen molar-refractivity contribution in [1.82, 2.24) is 4.90 Å². The molecule has 1 aromatic rings. The fourth-order valence-electron chi connectivity index (χ4n) is 4.45. The average Bonchev–Trinajstić information content (AvgIpc) is 3.21. The van der Waals surface area contributed by atoms with Gasteiger partial charge in [-0.1, -0.05) is 30.7 Å². The van der Waals surface area contributed by atoms with Crippen molar-refractivity contribution in [1.29, 1.82) is 0 Å². The fraction of sp³-hybridized carbons (Fsp3) is 0.667. The average molecular weight is 270 g/mol. The first-order valence-corrected chi connectivity index (χ1v) is 8.37. The van der Waals surface area contributed by atoms with Crippen LogP contribution in [0.25, 0.3) is 0 Å². The monoisotopic (exact) mass is 270 g/mol. The Kier molecular flexibility index (Phi) is 3.31. The van der Waals surface area contributed by atoms with E-state index in [1.165, 1.54) is 45.2 Å². The smallest absolute Gasteiger partial charge is 0.0236 e. The van der Waals surface area contributed by atoms with Crippen LogP contribution in [0.3, 0.4) is 0 Å². The highest BCUT2D eigenvalue weighted by molar-refractivity contribution is 5.33. The van der Waals surface area contributed by atoms with Gasteiger partial charge in [0.2, 0.25) is 0 Å². The highest BCUT2D eigenvalue weighted by atomic mass is 15.2. The molecule has 0 amide bonds. The molecule has 0 radical (unpaired) electrons. The Labute approximate surface area is 122 Å². The Hall–Kier alpha value is -0.860. The summed E-state index contributed by atoms with van der Waals surface area (Å²) in [5, 5.41) is 0. The van der Waals surface area contributed by atoms with Gasteiger partial charge >= 0.3 is 0 Å². The maximum atomic E-state index is 6.34. The standard InChI is InChI=1S/C18H26N2/c19-18-7-3-5-15-11-20(12-17(15)18)10-14-4-1-2-6-16(14)13-8-9-13/h1-2,4,6,13,15,17-18H,3,5,7-12,19H2. The van der Waals surface area contributed by atoms with Gasteiger partial charge in [0.15, 0.2) is 0 Å². The minimum Gasteiger partial charge on any atom is -0.327 e. The molecule has 2 aliphatic carbocycles. The number of nitrogens with two attached hydrogens (primary N) is 1. The number of rotatable bonds is 3. The van der Waals surface area contributed by atoms with Crippen molar-refractivity contribution in [3.63, 3.8) is 0 Å². The Morgan fingerprint density at radius 1 is 1.05 bits per heavy atom. The molecule has 2 heteroatoms. The van der Waals surface area contributed by atoms with Crippen LogP contribution < -0.4 is 5.73 Å². The molecule has 3 unspecified atom stereocenters. The van der Waals surface area contributed by atoms with Crippen molar-refractivity contribution < 1.29 is 0 Å². The molecule has 0 aromatic heterocycles. The molecular formula is C18H26N2. The number of nitrogens with zero attached hydrogens (tertiary/aromatic N) is 1. The molecule has 108 valence electrons. The third-order valence-electron chi connectivity index (χ3n) is 5.70. The van der Waals surface area contributed by atoms with Crippen LogP contribution in [-0.4, -0.2) is 24.0 Å². The van der Waals surface area contributed by atoms with E-state index < -0.39 is 0 Å². The second-order valence-electron chi connectivity index (χ2n) is 7.19. The number of hydrogen-bond acceptors (Lipinski definition) is 2. The molecule has 1 aromatic carbocycles. The molecule has 3 atom stereocenters. The van der Waals surface area contributed by atoms with Crippen LogP contribution in [0.4, 0.5) is 0 Å². The van der Waals surface area contributed by atoms with Gasteiger partial charge in [-0.15, -0.1) is 0 Å². The zero-order valence-electron chi connectivity index (χ0n) is 12.3. The van der Waals surface area contributed by atoms with Crippen LogP contribution in [0.1, 0.15) is 49.1 Å². The van der Waals surface area contributed by atoms with Gasteiger partial charge in [-0.3, -0.25) is 4.90 Å². The minimum absolute atomic E-state index is 0.456. The Balaban J connectivity index is 1.47.